The molecule has 3 rings (SSSR count). The number of carbonyl (C=O) groups is 1. The molecule has 0 radical (unpaired) electrons. The van der Waals surface area contributed by atoms with E-state index in [2.05, 4.69) is 22.2 Å². The summed E-state index contributed by atoms with van der Waals surface area (Å²) in [5.74, 6) is 0.176. The van der Waals surface area contributed by atoms with Crippen LogP contribution < -0.4 is 10.4 Å². The predicted molar refractivity (Wildman–Crippen MR) is 76.7 cm³/mol. The van der Waals surface area contributed by atoms with Gasteiger partial charge in [0.1, 0.15) is 17.0 Å². The Kier molecular flexibility index (Phi) is 3.33. The van der Waals surface area contributed by atoms with E-state index < -0.39 is 12.0 Å². The second-order valence-corrected chi connectivity index (χ2v) is 6.52. The van der Waals surface area contributed by atoms with E-state index in [9.17, 15) is 9.90 Å². The van der Waals surface area contributed by atoms with Gasteiger partial charge in [-0.25, -0.2) is 9.97 Å². The molecular weight excluding hydrogens is 274 g/mol. The Labute approximate surface area is 121 Å². The number of anilines is 1. The van der Waals surface area contributed by atoms with Gasteiger partial charge in [0.25, 0.3) is 0 Å². The van der Waals surface area contributed by atoms with E-state index in [-0.39, 0.29) is 0 Å². The van der Waals surface area contributed by atoms with Gasteiger partial charge >= 0.3 is 0 Å². The summed E-state index contributed by atoms with van der Waals surface area (Å²) in [6.07, 6.45) is 4.73. The summed E-state index contributed by atoms with van der Waals surface area (Å²) < 4.78 is 0. The first-order chi connectivity index (χ1) is 9.56. The fourth-order valence-corrected chi connectivity index (χ4v) is 4.00. The summed E-state index contributed by atoms with van der Waals surface area (Å²) >= 11 is 1.70. The van der Waals surface area contributed by atoms with Gasteiger partial charge in [0.05, 0.1) is 17.4 Å². The molecule has 106 valence electrons. The van der Waals surface area contributed by atoms with E-state index >= 15 is 0 Å². The molecule has 0 aromatic carbocycles. The number of aliphatic carboxylic acids is 1. The maximum absolute atomic E-state index is 10.9. The molecule has 0 unspecified atom stereocenters. The monoisotopic (exact) mass is 290 g/mol. The van der Waals surface area contributed by atoms with Crippen LogP contribution in [0.15, 0.2) is 6.33 Å². The number of fused-ring (bicyclic) bond motifs is 3. The Morgan fingerprint density at radius 2 is 2.35 bits per heavy atom. The van der Waals surface area contributed by atoms with Gasteiger partial charge in [-0.2, -0.15) is 0 Å². The number of carbonyl (C=O) groups excluding carboxylic acids is 1. The molecular formula is C14H16N3O2S-. The van der Waals surface area contributed by atoms with Crippen LogP contribution in [0.2, 0.25) is 0 Å². The summed E-state index contributed by atoms with van der Waals surface area (Å²) in [5, 5.41) is 14.8. The molecule has 1 aliphatic rings. The normalized spacial score (nSPS) is 19.6. The van der Waals surface area contributed by atoms with Crippen LogP contribution in [0.4, 0.5) is 5.82 Å². The Bertz CT molecular complexity index is 668. The molecule has 1 aliphatic carbocycles. The average Bonchev–Trinajstić information content (AvgIpc) is 2.76. The lowest BCUT2D eigenvalue weighted by Gasteiger charge is -2.19. The minimum absolute atomic E-state index is 0.610. The molecule has 0 amide bonds. The van der Waals surface area contributed by atoms with E-state index in [0.29, 0.717) is 11.7 Å². The van der Waals surface area contributed by atoms with Crippen molar-refractivity contribution in [3.8, 4) is 0 Å². The Balaban J connectivity index is 2.07. The van der Waals surface area contributed by atoms with Crippen molar-refractivity contribution in [3.05, 3.63) is 16.8 Å². The second kappa shape index (κ2) is 5.01. The molecule has 0 spiro atoms. The SMILES string of the molecule is C[C@H]1CCc2c(sc3ncnc(N[C@H](C)C(=O)[O-])c23)C1. The molecule has 2 aromatic rings. The third-order valence-electron chi connectivity index (χ3n) is 3.80. The lowest BCUT2D eigenvalue weighted by atomic mass is 9.89. The van der Waals surface area contributed by atoms with Gasteiger partial charge < -0.3 is 15.2 Å². The molecule has 1 N–H and O–H groups in total. The number of carboxylic acids is 1. The highest BCUT2D eigenvalue weighted by Gasteiger charge is 2.23. The number of aromatic nitrogens is 2. The number of aryl methyl sites for hydroxylation is 1. The van der Waals surface area contributed by atoms with Crippen molar-refractivity contribution in [2.24, 2.45) is 5.92 Å². The number of thiophene rings is 1. The Morgan fingerprint density at radius 1 is 1.55 bits per heavy atom. The number of rotatable bonds is 3. The molecule has 2 heterocycles. The Hall–Kier alpha value is -1.69. The van der Waals surface area contributed by atoms with E-state index in [1.807, 2.05) is 0 Å². The molecule has 0 bridgehead atoms. The first kappa shape index (κ1) is 13.3. The Morgan fingerprint density at radius 3 is 3.10 bits per heavy atom. The molecule has 5 nitrogen and oxygen atoms in total. The van der Waals surface area contributed by atoms with Gasteiger partial charge in [-0.15, -0.1) is 11.3 Å². The van der Waals surface area contributed by atoms with Crippen molar-refractivity contribution in [3.63, 3.8) is 0 Å². The van der Waals surface area contributed by atoms with Crippen molar-refractivity contribution in [2.75, 3.05) is 5.32 Å². The second-order valence-electron chi connectivity index (χ2n) is 5.44. The van der Waals surface area contributed by atoms with Crippen molar-refractivity contribution in [1.82, 2.24) is 9.97 Å². The topological polar surface area (TPSA) is 77.9 Å². The number of carboxylic acid groups (broad SMARTS) is 1. The van der Waals surface area contributed by atoms with Crippen LogP contribution in [0.5, 0.6) is 0 Å². The molecule has 6 heteroatoms. The number of hydrogen-bond donors (Lipinski definition) is 1. The van der Waals surface area contributed by atoms with Crippen LogP contribution in [-0.4, -0.2) is 22.0 Å². The highest BCUT2D eigenvalue weighted by atomic mass is 32.1. The molecule has 0 saturated heterocycles. The van der Waals surface area contributed by atoms with Crippen LogP contribution in [0.3, 0.4) is 0 Å². The van der Waals surface area contributed by atoms with Gasteiger partial charge in [0.2, 0.25) is 0 Å². The van der Waals surface area contributed by atoms with Gasteiger partial charge in [0, 0.05) is 4.88 Å². The van der Waals surface area contributed by atoms with E-state index in [1.165, 1.54) is 16.8 Å². The zero-order valence-electron chi connectivity index (χ0n) is 11.5. The zero-order chi connectivity index (χ0) is 14.3. The fraction of sp³-hybridized carbons (Fsp3) is 0.500. The fourth-order valence-electron chi connectivity index (χ4n) is 2.65. The molecule has 2 aromatic heterocycles. The van der Waals surface area contributed by atoms with Gasteiger partial charge in [-0.3, -0.25) is 0 Å². The van der Waals surface area contributed by atoms with Crippen LogP contribution in [0.25, 0.3) is 10.2 Å². The highest BCUT2D eigenvalue weighted by Crippen LogP contribution is 2.39. The molecule has 0 saturated carbocycles. The largest absolute Gasteiger partial charge is 0.548 e. The maximum Gasteiger partial charge on any atom is 0.138 e. The van der Waals surface area contributed by atoms with Crippen molar-refractivity contribution in [1.29, 1.82) is 0 Å². The molecule has 20 heavy (non-hydrogen) atoms. The van der Waals surface area contributed by atoms with Crippen molar-refractivity contribution < 1.29 is 9.90 Å². The summed E-state index contributed by atoms with van der Waals surface area (Å²) in [6, 6.07) is -0.772. The predicted octanol–water partition coefficient (Wildman–Crippen LogP) is 1.37. The highest BCUT2D eigenvalue weighted by molar-refractivity contribution is 7.19. The average molecular weight is 290 g/mol. The summed E-state index contributed by atoms with van der Waals surface area (Å²) in [6.45, 7) is 3.82. The smallest absolute Gasteiger partial charge is 0.138 e. The molecule has 0 fully saturated rings. The van der Waals surface area contributed by atoms with Crippen LogP contribution in [0, 0.1) is 5.92 Å². The maximum atomic E-state index is 10.9. The number of nitrogens with zero attached hydrogens (tertiary/aromatic N) is 2. The van der Waals surface area contributed by atoms with E-state index in [0.717, 1.165) is 29.5 Å². The lowest BCUT2D eigenvalue weighted by Crippen LogP contribution is -2.38. The quantitative estimate of drug-likeness (QED) is 0.923. The van der Waals surface area contributed by atoms with Gasteiger partial charge in [-0.05, 0) is 37.7 Å². The number of hydrogen-bond acceptors (Lipinski definition) is 6. The molecule has 2 atom stereocenters. The van der Waals surface area contributed by atoms with Crippen LogP contribution in [-0.2, 0) is 17.6 Å². The zero-order valence-corrected chi connectivity index (χ0v) is 12.3. The first-order valence-corrected chi connectivity index (χ1v) is 7.60. The van der Waals surface area contributed by atoms with Crippen molar-refractivity contribution >= 4 is 33.3 Å². The van der Waals surface area contributed by atoms with E-state index in [4.69, 9.17) is 0 Å². The molecule has 0 aliphatic heterocycles. The summed E-state index contributed by atoms with van der Waals surface area (Å²) in [4.78, 5) is 21.7. The van der Waals surface area contributed by atoms with Gasteiger partial charge in [0.15, 0.2) is 0 Å². The summed E-state index contributed by atoms with van der Waals surface area (Å²) in [5.41, 5.74) is 1.29. The van der Waals surface area contributed by atoms with Crippen LogP contribution in [0.1, 0.15) is 30.7 Å². The standard InChI is InChI=1S/C14H17N3O2S/c1-7-3-4-9-10(5-7)20-13-11(9)12(15-6-16-13)17-8(2)14(18)19/h6-8H,3-5H2,1-2H3,(H,18,19)(H,15,16,17)/p-1/t7-,8+/m0/s1. The minimum Gasteiger partial charge on any atom is -0.548 e. The third-order valence-corrected chi connectivity index (χ3v) is 4.96. The minimum atomic E-state index is -1.13. The van der Waals surface area contributed by atoms with Gasteiger partial charge in [-0.1, -0.05) is 6.92 Å². The number of nitrogens with one attached hydrogen (secondary N) is 1. The first-order valence-electron chi connectivity index (χ1n) is 6.79. The summed E-state index contributed by atoms with van der Waals surface area (Å²) in [7, 11) is 0. The third kappa shape index (κ3) is 2.24. The van der Waals surface area contributed by atoms with Crippen LogP contribution >= 0.6 is 11.3 Å². The lowest BCUT2D eigenvalue weighted by molar-refractivity contribution is -0.306. The van der Waals surface area contributed by atoms with E-state index in [1.54, 1.807) is 18.3 Å². The van der Waals surface area contributed by atoms with Crippen molar-refractivity contribution in [2.45, 2.75) is 39.2 Å².